The first-order valence-electron chi connectivity index (χ1n) is 9.14. The van der Waals surface area contributed by atoms with Gasteiger partial charge in [-0.05, 0) is 37.5 Å². The Morgan fingerprint density at radius 2 is 1.54 bits per heavy atom. The van der Waals surface area contributed by atoms with E-state index in [4.69, 9.17) is 0 Å². The monoisotopic (exact) mass is 354 g/mol. The van der Waals surface area contributed by atoms with E-state index in [0.29, 0.717) is 13.1 Å². The molecule has 0 saturated carbocycles. The van der Waals surface area contributed by atoms with Gasteiger partial charge < -0.3 is 15.5 Å². The van der Waals surface area contributed by atoms with Crippen LogP contribution in [-0.4, -0.2) is 38.0 Å². The predicted molar refractivity (Wildman–Crippen MR) is 104 cm³/mol. The molecule has 138 valence electrons. The van der Waals surface area contributed by atoms with Gasteiger partial charge in [0.15, 0.2) is 13.1 Å². The zero-order valence-electron chi connectivity index (χ0n) is 15.5. The lowest BCUT2D eigenvalue weighted by molar-refractivity contribution is -0.881. The number of carbonyl (C=O) groups excluding carboxylic acids is 2. The first-order valence-corrected chi connectivity index (χ1v) is 9.14. The largest absolute Gasteiger partial charge is 0.351 e. The summed E-state index contributed by atoms with van der Waals surface area (Å²) in [5, 5.41) is 5.79. The van der Waals surface area contributed by atoms with E-state index < -0.39 is 0 Å². The fraction of sp³-hybridized carbons (Fsp3) is 0.333. The molecule has 2 aromatic rings. The highest BCUT2D eigenvalue weighted by molar-refractivity contribution is 5.92. The Kier molecular flexibility index (Phi) is 7.83. The van der Waals surface area contributed by atoms with E-state index in [1.54, 1.807) is 0 Å². The molecule has 5 nitrogen and oxygen atoms in total. The minimum Gasteiger partial charge on any atom is -0.351 e. The van der Waals surface area contributed by atoms with E-state index in [1.807, 2.05) is 56.3 Å². The maximum atomic E-state index is 12.5. The number of hydrogen-bond donors (Lipinski definition) is 3. The summed E-state index contributed by atoms with van der Waals surface area (Å²) in [5.74, 6) is -0.103. The molecule has 0 aromatic heterocycles. The summed E-state index contributed by atoms with van der Waals surface area (Å²) in [6, 6.07) is 18.0. The van der Waals surface area contributed by atoms with Crippen LogP contribution in [0.4, 0.5) is 5.69 Å². The molecule has 0 spiro atoms. The molecule has 0 bridgehead atoms. The molecule has 0 heterocycles. The number of benzene rings is 2. The number of quaternary nitrogens is 1. The Morgan fingerprint density at radius 1 is 0.885 bits per heavy atom. The van der Waals surface area contributed by atoms with Gasteiger partial charge in [-0.1, -0.05) is 48.5 Å². The molecule has 2 amide bonds. The van der Waals surface area contributed by atoms with Crippen LogP contribution in [0.5, 0.6) is 0 Å². The summed E-state index contributed by atoms with van der Waals surface area (Å²) in [4.78, 5) is 25.1. The lowest BCUT2D eigenvalue weighted by Crippen LogP contribution is -3.14. The van der Waals surface area contributed by atoms with Crippen LogP contribution in [-0.2, 0) is 16.0 Å². The van der Waals surface area contributed by atoms with Crippen molar-refractivity contribution in [1.82, 2.24) is 5.32 Å². The number of carbonyl (C=O) groups is 2. The third-order valence-electron chi connectivity index (χ3n) is 4.22. The third-order valence-corrected chi connectivity index (χ3v) is 4.22. The van der Waals surface area contributed by atoms with Crippen LogP contribution < -0.4 is 15.5 Å². The zero-order valence-corrected chi connectivity index (χ0v) is 15.5. The highest BCUT2D eigenvalue weighted by Gasteiger charge is 2.17. The maximum absolute atomic E-state index is 12.5. The van der Waals surface area contributed by atoms with Gasteiger partial charge >= 0.3 is 0 Å². The Labute approximate surface area is 155 Å². The minimum absolute atomic E-state index is 0.0263. The average Bonchev–Trinajstić information content (AvgIpc) is 2.64. The molecule has 1 atom stereocenters. The average molecular weight is 354 g/mol. The highest BCUT2D eigenvalue weighted by atomic mass is 16.2. The quantitative estimate of drug-likeness (QED) is 0.635. The third kappa shape index (κ3) is 6.33. The van der Waals surface area contributed by atoms with Gasteiger partial charge in [-0.15, -0.1) is 0 Å². The van der Waals surface area contributed by atoms with Crippen LogP contribution in [0, 0.1) is 0 Å². The van der Waals surface area contributed by atoms with Gasteiger partial charge in [0.1, 0.15) is 0 Å². The van der Waals surface area contributed by atoms with Gasteiger partial charge in [-0.25, -0.2) is 0 Å². The zero-order chi connectivity index (χ0) is 18.8. The van der Waals surface area contributed by atoms with Gasteiger partial charge in [0.25, 0.3) is 11.8 Å². The molecule has 5 heteroatoms. The summed E-state index contributed by atoms with van der Waals surface area (Å²) in [6.45, 7) is 5.77. The molecule has 1 unspecified atom stereocenters. The number of hydrogen-bond acceptors (Lipinski definition) is 2. The van der Waals surface area contributed by atoms with E-state index in [0.717, 1.165) is 29.1 Å². The van der Waals surface area contributed by atoms with Crippen LogP contribution in [0.2, 0.25) is 0 Å². The van der Waals surface area contributed by atoms with Crippen molar-refractivity contribution in [2.75, 3.05) is 31.5 Å². The van der Waals surface area contributed by atoms with E-state index in [-0.39, 0.29) is 18.4 Å². The smallest absolute Gasteiger partial charge is 0.279 e. The van der Waals surface area contributed by atoms with Crippen LogP contribution in [0.25, 0.3) is 0 Å². The fourth-order valence-electron chi connectivity index (χ4n) is 2.83. The van der Waals surface area contributed by atoms with Crippen LogP contribution >= 0.6 is 0 Å². The van der Waals surface area contributed by atoms with E-state index in [9.17, 15) is 9.59 Å². The Morgan fingerprint density at radius 3 is 2.23 bits per heavy atom. The molecular weight excluding hydrogens is 326 g/mol. The summed E-state index contributed by atoms with van der Waals surface area (Å²) in [7, 11) is 0. The Balaban J connectivity index is 1.99. The second-order valence-electron chi connectivity index (χ2n) is 6.28. The van der Waals surface area contributed by atoms with Crippen molar-refractivity contribution in [2.24, 2.45) is 0 Å². The fourth-order valence-corrected chi connectivity index (χ4v) is 2.83. The van der Waals surface area contributed by atoms with Crippen molar-refractivity contribution in [1.29, 1.82) is 0 Å². The van der Waals surface area contributed by atoms with Crippen LogP contribution in [0.1, 0.15) is 25.0 Å². The van der Waals surface area contributed by atoms with Crippen LogP contribution in [0.15, 0.2) is 54.6 Å². The number of likely N-dealkylation sites (N-methyl/N-ethyl adjacent to an activating group) is 2. The minimum atomic E-state index is -0.0772. The molecular formula is C21H28N3O2+. The summed E-state index contributed by atoms with van der Waals surface area (Å²) < 4.78 is 0. The van der Waals surface area contributed by atoms with Gasteiger partial charge in [0, 0.05) is 12.2 Å². The second kappa shape index (κ2) is 10.4. The number of amides is 2. The van der Waals surface area contributed by atoms with Crippen molar-refractivity contribution < 1.29 is 14.5 Å². The molecule has 2 rings (SSSR count). The maximum Gasteiger partial charge on any atom is 0.279 e. The number of rotatable bonds is 9. The van der Waals surface area contributed by atoms with Crippen molar-refractivity contribution >= 4 is 17.5 Å². The number of para-hydroxylation sites is 1. The molecule has 0 fully saturated rings. The molecule has 0 aliphatic carbocycles. The first kappa shape index (κ1) is 19.7. The predicted octanol–water partition coefficient (Wildman–Crippen LogP) is 1.26. The molecule has 3 N–H and O–H groups in total. The van der Waals surface area contributed by atoms with Gasteiger partial charge in [-0.2, -0.15) is 0 Å². The summed E-state index contributed by atoms with van der Waals surface area (Å²) in [5.41, 5.74) is 3.11. The Bertz CT molecular complexity index is 716. The molecule has 26 heavy (non-hydrogen) atoms. The molecule has 0 aliphatic heterocycles. The van der Waals surface area contributed by atoms with E-state index in [2.05, 4.69) is 22.8 Å². The van der Waals surface area contributed by atoms with Gasteiger partial charge in [0.05, 0.1) is 6.54 Å². The Hall–Kier alpha value is -2.66. The standard InChI is InChI=1S/C21H27N3O2/c1-3-22-20(25)15-24(4-2)16-21(26)23-19-13-9-8-12-18(19)14-17-10-6-5-7-11-17/h5-13H,3-4,14-16H2,1-2H3,(H,22,25)(H,23,26)/p+1. The second-order valence-corrected chi connectivity index (χ2v) is 6.28. The number of nitrogens with one attached hydrogen (secondary N) is 3. The van der Waals surface area contributed by atoms with Crippen molar-refractivity contribution in [3.63, 3.8) is 0 Å². The lowest BCUT2D eigenvalue weighted by Gasteiger charge is -2.17. The summed E-state index contributed by atoms with van der Waals surface area (Å²) >= 11 is 0. The summed E-state index contributed by atoms with van der Waals surface area (Å²) in [6.07, 6.45) is 0.764. The van der Waals surface area contributed by atoms with Crippen LogP contribution in [0.3, 0.4) is 0 Å². The molecule has 0 radical (unpaired) electrons. The molecule has 0 saturated heterocycles. The highest BCUT2D eigenvalue weighted by Crippen LogP contribution is 2.18. The van der Waals surface area contributed by atoms with Crippen molar-refractivity contribution in [2.45, 2.75) is 20.3 Å². The first-order chi connectivity index (χ1) is 12.6. The van der Waals surface area contributed by atoms with Crippen molar-refractivity contribution in [3.8, 4) is 0 Å². The normalized spacial score (nSPS) is 11.6. The van der Waals surface area contributed by atoms with Gasteiger partial charge in [-0.3, -0.25) is 9.59 Å². The lowest BCUT2D eigenvalue weighted by atomic mass is 10.0. The molecule has 0 aliphatic rings. The van der Waals surface area contributed by atoms with E-state index >= 15 is 0 Å². The van der Waals surface area contributed by atoms with E-state index in [1.165, 1.54) is 5.56 Å². The van der Waals surface area contributed by atoms with Gasteiger partial charge in [0.2, 0.25) is 0 Å². The number of anilines is 1. The topological polar surface area (TPSA) is 62.6 Å². The van der Waals surface area contributed by atoms with Crippen molar-refractivity contribution in [3.05, 3.63) is 65.7 Å². The SMILES string of the molecule is CCNC(=O)C[NH+](CC)CC(=O)Nc1ccccc1Cc1ccccc1. The molecule has 2 aromatic carbocycles.